The summed E-state index contributed by atoms with van der Waals surface area (Å²) in [6.45, 7) is 1.65. The van der Waals surface area contributed by atoms with Crippen LogP contribution in [0.1, 0.15) is 21.5 Å². The number of rotatable bonds is 6. The Balaban J connectivity index is 1.29. The number of aromatic nitrogens is 3. The number of benzene rings is 3. The van der Waals surface area contributed by atoms with Crippen LogP contribution in [-0.2, 0) is 16.5 Å². The van der Waals surface area contributed by atoms with Gasteiger partial charge in [0.25, 0.3) is 10.1 Å². The van der Waals surface area contributed by atoms with Gasteiger partial charge < -0.3 is 0 Å². The Morgan fingerprint density at radius 1 is 0.842 bits per heavy atom. The van der Waals surface area contributed by atoms with E-state index in [1.54, 1.807) is 54.9 Å². The van der Waals surface area contributed by atoms with E-state index in [0.717, 1.165) is 31.9 Å². The second kappa shape index (κ2) is 9.48. The molecule has 6 rings (SSSR count). The lowest BCUT2D eigenvalue weighted by atomic mass is 10.0. The summed E-state index contributed by atoms with van der Waals surface area (Å²) in [6, 6.07) is 20.5. The van der Waals surface area contributed by atoms with Crippen molar-refractivity contribution in [1.82, 2.24) is 15.0 Å². The molecule has 3 aromatic heterocycles. The largest absolute Gasteiger partial charge is 0.296 e. The quantitative estimate of drug-likeness (QED) is 0.181. The van der Waals surface area contributed by atoms with Gasteiger partial charge in [0.2, 0.25) is 0 Å². The van der Waals surface area contributed by atoms with Gasteiger partial charge in [0, 0.05) is 35.5 Å². The summed E-state index contributed by atoms with van der Waals surface area (Å²) < 4.78 is 35.1. The number of carbonyl (C=O) groups excluding carboxylic acids is 1. The third kappa shape index (κ3) is 4.63. The maximum atomic E-state index is 12.5. The van der Waals surface area contributed by atoms with Crippen LogP contribution < -0.4 is 0 Å². The maximum Gasteiger partial charge on any atom is 0.296 e. The highest BCUT2D eigenvalue weighted by molar-refractivity contribution is 7.86. The summed E-state index contributed by atoms with van der Waals surface area (Å²) >= 11 is 2.79. The van der Waals surface area contributed by atoms with Crippen LogP contribution in [-0.4, -0.2) is 33.7 Å². The van der Waals surface area contributed by atoms with Gasteiger partial charge in [0.1, 0.15) is 14.9 Å². The van der Waals surface area contributed by atoms with Crippen molar-refractivity contribution in [3.63, 3.8) is 0 Å². The Morgan fingerprint density at radius 3 is 2.24 bits per heavy atom. The van der Waals surface area contributed by atoms with E-state index in [2.05, 4.69) is 9.97 Å². The van der Waals surface area contributed by atoms with E-state index in [1.165, 1.54) is 11.3 Å². The SMILES string of the molecule is Cc1ccc2nc(-c3ccc4nc(-c5ccc(CC(=O)c6ccncc6)cc5)sc4c3)sc2c1S(=O)(=O)O. The Kier molecular flexibility index (Phi) is 6.11. The van der Waals surface area contributed by atoms with Gasteiger partial charge in [-0.2, -0.15) is 8.42 Å². The fraction of sp³-hybridized carbons (Fsp3) is 0.0714. The zero-order valence-electron chi connectivity index (χ0n) is 20.0. The highest BCUT2D eigenvalue weighted by atomic mass is 32.2. The fourth-order valence-electron chi connectivity index (χ4n) is 4.28. The summed E-state index contributed by atoms with van der Waals surface area (Å²) in [5.74, 6) is 0.0429. The van der Waals surface area contributed by atoms with Gasteiger partial charge in [0.15, 0.2) is 5.78 Å². The molecule has 0 atom stereocenters. The van der Waals surface area contributed by atoms with E-state index >= 15 is 0 Å². The predicted molar refractivity (Wildman–Crippen MR) is 150 cm³/mol. The highest BCUT2D eigenvalue weighted by Crippen LogP contribution is 2.38. The second-order valence-electron chi connectivity index (χ2n) is 8.79. The minimum absolute atomic E-state index is 0.0429. The molecule has 7 nitrogen and oxygen atoms in total. The highest BCUT2D eigenvalue weighted by Gasteiger charge is 2.21. The second-order valence-corrected chi connectivity index (χ2v) is 12.2. The molecule has 38 heavy (non-hydrogen) atoms. The Morgan fingerprint density at radius 2 is 1.50 bits per heavy atom. The van der Waals surface area contributed by atoms with Crippen molar-refractivity contribution in [2.24, 2.45) is 0 Å². The topological polar surface area (TPSA) is 110 Å². The number of carbonyl (C=O) groups is 1. The predicted octanol–water partition coefficient (Wildman–Crippen LogP) is 6.62. The Labute approximate surface area is 226 Å². The number of fused-ring (bicyclic) bond motifs is 2. The number of ketones is 1. The molecule has 6 aromatic rings. The van der Waals surface area contributed by atoms with E-state index in [4.69, 9.17) is 4.98 Å². The Bertz CT molecular complexity index is 1950. The normalized spacial score (nSPS) is 11.8. The zero-order chi connectivity index (χ0) is 26.4. The average molecular weight is 558 g/mol. The maximum absolute atomic E-state index is 12.5. The van der Waals surface area contributed by atoms with E-state index < -0.39 is 10.1 Å². The monoisotopic (exact) mass is 557 g/mol. The molecule has 188 valence electrons. The smallest absolute Gasteiger partial charge is 0.294 e. The number of hydrogen-bond donors (Lipinski definition) is 1. The van der Waals surface area contributed by atoms with Crippen LogP contribution in [0.5, 0.6) is 0 Å². The molecule has 0 fully saturated rings. The molecule has 0 bridgehead atoms. The van der Waals surface area contributed by atoms with Crippen LogP contribution in [0.25, 0.3) is 41.6 Å². The van der Waals surface area contributed by atoms with Gasteiger partial charge >= 0.3 is 0 Å². The molecule has 0 saturated carbocycles. The summed E-state index contributed by atoms with van der Waals surface area (Å²) in [5.41, 5.74) is 5.22. The summed E-state index contributed by atoms with van der Waals surface area (Å²) in [6.07, 6.45) is 3.54. The average Bonchev–Trinajstić information content (AvgIpc) is 3.52. The van der Waals surface area contributed by atoms with Crippen molar-refractivity contribution in [3.8, 4) is 21.1 Å². The first-order valence-corrected chi connectivity index (χ1v) is 14.6. The first-order chi connectivity index (χ1) is 18.3. The molecular formula is C28H19N3O4S3. The van der Waals surface area contributed by atoms with Crippen molar-refractivity contribution in [2.45, 2.75) is 18.2 Å². The van der Waals surface area contributed by atoms with Gasteiger partial charge in [-0.3, -0.25) is 14.3 Å². The van der Waals surface area contributed by atoms with Gasteiger partial charge in [0.05, 0.1) is 20.4 Å². The third-order valence-electron chi connectivity index (χ3n) is 6.17. The standard InChI is InChI=1S/C28H19N3O4S3/c1-16-2-8-22-25(26(16)38(33,34)35)37-28(31-22)20-7-9-21-24(15-20)36-27(30-21)19-5-3-17(4-6-19)14-23(32)18-10-12-29-13-11-18/h2-13,15H,14H2,1H3,(H,33,34,35). The molecule has 0 saturated heterocycles. The number of nitrogens with zero attached hydrogens (tertiary/aromatic N) is 3. The van der Waals surface area contributed by atoms with Crippen LogP contribution in [0.3, 0.4) is 0 Å². The molecule has 0 spiro atoms. The van der Waals surface area contributed by atoms with Crippen LogP contribution >= 0.6 is 22.7 Å². The molecule has 0 radical (unpaired) electrons. The molecule has 3 aromatic carbocycles. The number of thiazole rings is 2. The number of hydrogen-bond acceptors (Lipinski definition) is 8. The number of aryl methyl sites for hydroxylation is 1. The van der Waals surface area contributed by atoms with Crippen LogP contribution in [0, 0.1) is 6.92 Å². The van der Waals surface area contributed by atoms with Crippen molar-refractivity contribution in [1.29, 1.82) is 0 Å². The van der Waals surface area contributed by atoms with Crippen molar-refractivity contribution < 1.29 is 17.8 Å². The lowest BCUT2D eigenvalue weighted by Crippen LogP contribution is -2.03. The molecule has 0 amide bonds. The van der Waals surface area contributed by atoms with Crippen LogP contribution in [0.4, 0.5) is 0 Å². The first kappa shape index (κ1) is 24.5. The molecule has 0 aliphatic heterocycles. The number of pyridine rings is 1. The minimum atomic E-state index is -4.37. The molecule has 0 unspecified atom stereocenters. The van der Waals surface area contributed by atoms with Gasteiger partial charge in [-0.25, -0.2) is 9.97 Å². The molecule has 1 N–H and O–H groups in total. The van der Waals surface area contributed by atoms with Crippen molar-refractivity contribution in [2.75, 3.05) is 0 Å². The van der Waals surface area contributed by atoms with E-state index in [-0.39, 0.29) is 10.7 Å². The number of Topliss-reactive ketones (excluding diaryl/α,β-unsaturated/α-hetero) is 1. The fourth-order valence-corrected chi connectivity index (χ4v) is 7.60. The summed E-state index contributed by atoms with van der Waals surface area (Å²) in [5, 5.41) is 1.52. The van der Waals surface area contributed by atoms with Gasteiger partial charge in [-0.1, -0.05) is 30.3 Å². The molecule has 3 heterocycles. The van der Waals surface area contributed by atoms with Gasteiger partial charge in [-0.05, 0) is 54.4 Å². The van der Waals surface area contributed by atoms with Gasteiger partial charge in [-0.15, -0.1) is 22.7 Å². The first-order valence-electron chi connectivity index (χ1n) is 11.6. The lowest BCUT2D eigenvalue weighted by molar-refractivity contribution is 0.0993. The van der Waals surface area contributed by atoms with Crippen molar-refractivity contribution >= 4 is 59.0 Å². The minimum Gasteiger partial charge on any atom is -0.294 e. The molecule has 0 aliphatic rings. The summed E-state index contributed by atoms with van der Waals surface area (Å²) in [7, 11) is -4.37. The van der Waals surface area contributed by atoms with E-state index in [9.17, 15) is 17.8 Å². The lowest BCUT2D eigenvalue weighted by Gasteiger charge is -2.02. The zero-order valence-corrected chi connectivity index (χ0v) is 22.4. The molecule has 10 heteroatoms. The van der Waals surface area contributed by atoms with Crippen LogP contribution in [0.2, 0.25) is 0 Å². The van der Waals surface area contributed by atoms with E-state index in [1.807, 2.05) is 42.5 Å². The summed E-state index contributed by atoms with van der Waals surface area (Å²) in [4.78, 5) is 25.7. The van der Waals surface area contributed by atoms with E-state index in [0.29, 0.717) is 32.8 Å². The van der Waals surface area contributed by atoms with Crippen LogP contribution in [0.15, 0.2) is 84.0 Å². The molecular weight excluding hydrogens is 539 g/mol. The molecule has 0 aliphatic carbocycles. The van der Waals surface area contributed by atoms with Crippen molar-refractivity contribution in [3.05, 3.63) is 95.8 Å². The Hall–Kier alpha value is -3.83. The third-order valence-corrected chi connectivity index (χ3v) is 9.55.